The number of esters is 1. The molecule has 0 saturated carbocycles. The molecule has 21 heavy (non-hydrogen) atoms. The van der Waals surface area contributed by atoms with Crippen molar-refractivity contribution in [3.63, 3.8) is 0 Å². The molecule has 0 radical (unpaired) electrons. The van der Waals surface area contributed by atoms with Crippen molar-refractivity contribution in [2.45, 2.75) is 13.8 Å². The zero-order chi connectivity index (χ0) is 15.4. The van der Waals surface area contributed by atoms with E-state index in [1.165, 1.54) is 6.08 Å². The summed E-state index contributed by atoms with van der Waals surface area (Å²) < 4.78 is 5.27. The van der Waals surface area contributed by atoms with E-state index in [0.717, 1.165) is 16.7 Å². The monoisotopic (exact) mass is 320 g/mol. The van der Waals surface area contributed by atoms with Crippen molar-refractivity contribution in [1.82, 2.24) is 0 Å². The van der Waals surface area contributed by atoms with Gasteiger partial charge in [0.1, 0.15) is 5.75 Å². The van der Waals surface area contributed by atoms with E-state index in [-0.39, 0.29) is 0 Å². The molecule has 0 aromatic heterocycles. The Balaban J connectivity index is 2.06. The number of benzene rings is 2. The van der Waals surface area contributed by atoms with E-state index >= 15 is 0 Å². The molecule has 0 fully saturated rings. The molecule has 0 atom stereocenters. The summed E-state index contributed by atoms with van der Waals surface area (Å²) in [7, 11) is 0. The Labute approximate surface area is 134 Å². The van der Waals surface area contributed by atoms with Crippen LogP contribution in [0.15, 0.2) is 42.5 Å². The Hall–Kier alpha value is -1.77. The van der Waals surface area contributed by atoms with Crippen molar-refractivity contribution in [1.29, 1.82) is 0 Å². The molecule has 0 aliphatic rings. The number of rotatable bonds is 3. The molecule has 4 heteroatoms. The first-order chi connectivity index (χ1) is 9.95. The van der Waals surface area contributed by atoms with Crippen LogP contribution < -0.4 is 4.74 Å². The first-order valence-corrected chi connectivity index (χ1v) is 7.13. The quantitative estimate of drug-likeness (QED) is 0.439. The molecule has 2 aromatic carbocycles. The van der Waals surface area contributed by atoms with E-state index in [0.29, 0.717) is 15.8 Å². The van der Waals surface area contributed by atoms with Gasteiger partial charge in [0.15, 0.2) is 0 Å². The lowest BCUT2D eigenvalue weighted by Gasteiger charge is -2.07. The Bertz CT molecular complexity index is 665. The Morgan fingerprint density at radius 3 is 2.19 bits per heavy atom. The standard InChI is InChI=1S/C17H14Cl2O2/c1-11-9-15(10-12(2)17(11)19)21-16(20)8-5-13-3-6-14(18)7-4-13/h3-10H,1-2H3/b8-5+. The van der Waals surface area contributed by atoms with Gasteiger partial charge in [-0.3, -0.25) is 0 Å². The van der Waals surface area contributed by atoms with E-state index < -0.39 is 5.97 Å². The highest BCUT2D eigenvalue weighted by molar-refractivity contribution is 6.32. The van der Waals surface area contributed by atoms with Crippen LogP contribution in [0.4, 0.5) is 0 Å². The molecule has 0 saturated heterocycles. The minimum atomic E-state index is -0.439. The largest absolute Gasteiger partial charge is 0.423 e. The number of halogens is 2. The lowest BCUT2D eigenvalue weighted by Crippen LogP contribution is -2.04. The van der Waals surface area contributed by atoms with E-state index in [4.69, 9.17) is 27.9 Å². The molecule has 2 nitrogen and oxygen atoms in total. The van der Waals surface area contributed by atoms with Crippen LogP contribution in [0.5, 0.6) is 5.75 Å². The van der Waals surface area contributed by atoms with Crippen LogP contribution in [-0.2, 0) is 4.79 Å². The summed E-state index contributed by atoms with van der Waals surface area (Å²) in [6, 6.07) is 10.6. The molecule has 0 unspecified atom stereocenters. The fourth-order valence-corrected chi connectivity index (χ4v) is 2.09. The fraction of sp³-hybridized carbons (Fsp3) is 0.118. The maximum absolute atomic E-state index is 11.8. The van der Waals surface area contributed by atoms with Gasteiger partial charge in [-0.15, -0.1) is 0 Å². The van der Waals surface area contributed by atoms with Crippen molar-refractivity contribution in [3.8, 4) is 5.75 Å². The second-order valence-corrected chi connectivity index (χ2v) is 5.49. The third-order valence-electron chi connectivity index (χ3n) is 2.91. The van der Waals surface area contributed by atoms with E-state index in [1.807, 2.05) is 26.0 Å². The van der Waals surface area contributed by atoms with Crippen molar-refractivity contribution >= 4 is 35.2 Å². The second kappa shape index (κ2) is 6.79. The van der Waals surface area contributed by atoms with Crippen LogP contribution in [0.25, 0.3) is 6.08 Å². The van der Waals surface area contributed by atoms with Gasteiger partial charge < -0.3 is 4.74 Å². The third-order valence-corrected chi connectivity index (χ3v) is 3.76. The molecule has 108 valence electrons. The van der Waals surface area contributed by atoms with Crippen LogP contribution >= 0.6 is 23.2 Å². The van der Waals surface area contributed by atoms with Crippen LogP contribution in [0.1, 0.15) is 16.7 Å². The van der Waals surface area contributed by atoms with Crippen LogP contribution in [-0.4, -0.2) is 5.97 Å². The summed E-state index contributed by atoms with van der Waals surface area (Å²) in [5.41, 5.74) is 2.63. The van der Waals surface area contributed by atoms with Gasteiger partial charge in [-0.1, -0.05) is 35.3 Å². The SMILES string of the molecule is Cc1cc(OC(=O)/C=C/c2ccc(Cl)cc2)cc(C)c1Cl. The number of aryl methyl sites for hydroxylation is 2. The lowest BCUT2D eigenvalue weighted by molar-refractivity contribution is -0.128. The van der Waals surface area contributed by atoms with Gasteiger partial charge >= 0.3 is 5.97 Å². The summed E-state index contributed by atoms with van der Waals surface area (Å²) in [6.45, 7) is 3.74. The lowest BCUT2D eigenvalue weighted by atomic mass is 10.1. The summed E-state index contributed by atoms with van der Waals surface area (Å²) in [5.74, 6) is 0.0474. The highest BCUT2D eigenvalue weighted by atomic mass is 35.5. The van der Waals surface area contributed by atoms with Crippen molar-refractivity contribution in [3.05, 3.63) is 69.2 Å². The highest BCUT2D eigenvalue weighted by Crippen LogP contribution is 2.26. The molecule has 0 heterocycles. The van der Waals surface area contributed by atoms with Gasteiger partial charge in [-0.05, 0) is 60.9 Å². The highest BCUT2D eigenvalue weighted by Gasteiger charge is 2.06. The van der Waals surface area contributed by atoms with Gasteiger partial charge in [0.2, 0.25) is 0 Å². The number of carbonyl (C=O) groups excluding carboxylic acids is 1. The number of hydrogen-bond donors (Lipinski definition) is 0. The average Bonchev–Trinajstić information content (AvgIpc) is 2.44. The molecular weight excluding hydrogens is 307 g/mol. The molecule has 0 N–H and O–H groups in total. The van der Waals surface area contributed by atoms with Crippen molar-refractivity contribution in [2.24, 2.45) is 0 Å². The maximum Gasteiger partial charge on any atom is 0.336 e. The predicted molar refractivity (Wildman–Crippen MR) is 87.0 cm³/mol. The smallest absolute Gasteiger partial charge is 0.336 e. The molecular formula is C17H14Cl2O2. The van der Waals surface area contributed by atoms with E-state index in [1.54, 1.807) is 30.3 Å². The zero-order valence-electron chi connectivity index (χ0n) is 11.7. The van der Waals surface area contributed by atoms with Crippen LogP contribution in [0, 0.1) is 13.8 Å². The van der Waals surface area contributed by atoms with Crippen molar-refractivity contribution < 1.29 is 9.53 Å². The van der Waals surface area contributed by atoms with E-state index in [9.17, 15) is 4.79 Å². The first kappa shape index (κ1) is 15.6. The van der Waals surface area contributed by atoms with Crippen LogP contribution in [0.3, 0.4) is 0 Å². The summed E-state index contributed by atoms with van der Waals surface area (Å²) in [6.07, 6.45) is 3.05. The molecule has 0 aliphatic heterocycles. The van der Waals surface area contributed by atoms with Gasteiger partial charge in [-0.2, -0.15) is 0 Å². The average molecular weight is 321 g/mol. The third kappa shape index (κ3) is 4.35. The maximum atomic E-state index is 11.8. The number of hydrogen-bond acceptors (Lipinski definition) is 2. The minimum Gasteiger partial charge on any atom is -0.423 e. The van der Waals surface area contributed by atoms with E-state index in [2.05, 4.69) is 0 Å². The minimum absolute atomic E-state index is 0.439. The first-order valence-electron chi connectivity index (χ1n) is 6.38. The summed E-state index contributed by atoms with van der Waals surface area (Å²) in [4.78, 5) is 11.8. The molecule has 0 bridgehead atoms. The zero-order valence-corrected chi connectivity index (χ0v) is 13.2. The molecule has 0 aliphatic carbocycles. The number of carbonyl (C=O) groups is 1. The number of ether oxygens (including phenoxy) is 1. The summed E-state index contributed by atoms with van der Waals surface area (Å²) >= 11 is 11.9. The molecule has 0 amide bonds. The van der Waals surface area contributed by atoms with Crippen molar-refractivity contribution in [2.75, 3.05) is 0 Å². The fourth-order valence-electron chi connectivity index (χ4n) is 1.85. The second-order valence-electron chi connectivity index (χ2n) is 4.68. The van der Waals surface area contributed by atoms with Gasteiger partial charge in [0, 0.05) is 16.1 Å². The Morgan fingerprint density at radius 2 is 1.62 bits per heavy atom. The normalized spacial score (nSPS) is 10.9. The molecule has 2 aromatic rings. The molecule has 2 rings (SSSR count). The van der Waals surface area contributed by atoms with Gasteiger partial charge in [0.25, 0.3) is 0 Å². The van der Waals surface area contributed by atoms with Gasteiger partial charge in [-0.25, -0.2) is 4.79 Å². The Morgan fingerprint density at radius 1 is 1.05 bits per heavy atom. The Kier molecular flexibility index (Phi) is 5.05. The van der Waals surface area contributed by atoms with Crippen LogP contribution in [0.2, 0.25) is 10.0 Å². The van der Waals surface area contributed by atoms with Gasteiger partial charge in [0.05, 0.1) is 0 Å². The molecule has 0 spiro atoms. The summed E-state index contributed by atoms with van der Waals surface area (Å²) in [5, 5.41) is 1.34. The topological polar surface area (TPSA) is 26.3 Å². The predicted octanol–water partition coefficient (Wildman–Crippen LogP) is 5.23.